The van der Waals surface area contributed by atoms with Crippen LogP contribution in [0.15, 0.2) is 71.0 Å². The molecule has 1 N–H and O–H groups in total. The van der Waals surface area contributed by atoms with Gasteiger partial charge in [0, 0.05) is 17.0 Å². The molecule has 0 spiro atoms. The smallest absolute Gasteiger partial charge is 0.338 e. The molecule has 0 aliphatic carbocycles. The monoisotopic (exact) mass is 523 g/mol. The standard InChI is InChI=1S/C26H25N3O5S2/c1-3-34-25(32)17-6-8-19(9-7-17)28-26-29(16-21-5-4-14-35-21)24(31)22(36-26)15-23(30)27-18-10-12-20(33-2)13-11-18/h4-14,22H,3,15-16H2,1-2H3,(H,27,30)/t22-/m1/s1. The molecule has 10 heteroatoms. The Hall–Kier alpha value is -3.63. The van der Waals surface area contributed by atoms with Crippen molar-refractivity contribution in [2.24, 2.45) is 4.99 Å². The van der Waals surface area contributed by atoms with Crippen molar-refractivity contribution in [2.75, 3.05) is 19.0 Å². The number of aliphatic imine (C=N–C) groups is 1. The molecule has 1 aromatic heterocycles. The minimum absolute atomic E-state index is 0.0112. The summed E-state index contributed by atoms with van der Waals surface area (Å²) in [5.41, 5.74) is 1.65. The van der Waals surface area contributed by atoms with Crippen LogP contribution in [0.1, 0.15) is 28.6 Å². The van der Waals surface area contributed by atoms with E-state index < -0.39 is 11.2 Å². The second kappa shape index (κ2) is 11.9. The highest BCUT2D eigenvalue weighted by Crippen LogP contribution is 2.33. The number of nitrogens with one attached hydrogen (secondary N) is 1. The lowest BCUT2D eigenvalue weighted by Crippen LogP contribution is -2.32. The first-order valence-corrected chi connectivity index (χ1v) is 13.0. The van der Waals surface area contributed by atoms with E-state index in [-0.39, 0.29) is 18.2 Å². The van der Waals surface area contributed by atoms with Gasteiger partial charge in [-0.3, -0.25) is 14.5 Å². The molecule has 1 fully saturated rings. The number of benzene rings is 2. The van der Waals surface area contributed by atoms with Crippen LogP contribution in [0.3, 0.4) is 0 Å². The van der Waals surface area contributed by atoms with Crippen molar-refractivity contribution in [2.45, 2.75) is 25.1 Å². The van der Waals surface area contributed by atoms with Gasteiger partial charge in [0.15, 0.2) is 5.17 Å². The summed E-state index contributed by atoms with van der Waals surface area (Å²) in [7, 11) is 1.58. The zero-order valence-electron chi connectivity index (χ0n) is 19.8. The fourth-order valence-corrected chi connectivity index (χ4v) is 5.33. The number of ether oxygens (including phenoxy) is 2. The third-order valence-corrected chi connectivity index (χ3v) is 7.30. The van der Waals surface area contributed by atoms with Crippen LogP contribution >= 0.6 is 23.1 Å². The van der Waals surface area contributed by atoms with Crippen molar-refractivity contribution < 1.29 is 23.9 Å². The molecule has 1 atom stereocenters. The van der Waals surface area contributed by atoms with Gasteiger partial charge in [0.2, 0.25) is 11.8 Å². The lowest BCUT2D eigenvalue weighted by Gasteiger charge is -2.15. The first-order chi connectivity index (χ1) is 17.5. The number of anilines is 1. The van der Waals surface area contributed by atoms with Gasteiger partial charge in [-0.15, -0.1) is 11.3 Å². The predicted octanol–water partition coefficient (Wildman–Crippen LogP) is 5.09. The molecular formula is C26H25N3O5S2. The minimum atomic E-state index is -0.597. The van der Waals surface area contributed by atoms with E-state index >= 15 is 0 Å². The Morgan fingerprint density at radius 2 is 1.83 bits per heavy atom. The average molecular weight is 524 g/mol. The minimum Gasteiger partial charge on any atom is -0.497 e. The number of carbonyl (C=O) groups excluding carboxylic acids is 3. The molecule has 2 amide bonds. The average Bonchev–Trinajstić information content (AvgIpc) is 3.49. The van der Waals surface area contributed by atoms with Gasteiger partial charge < -0.3 is 14.8 Å². The summed E-state index contributed by atoms with van der Waals surface area (Å²) in [6.45, 7) is 2.43. The number of thiophene rings is 1. The molecule has 8 nitrogen and oxygen atoms in total. The highest BCUT2D eigenvalue weighted by Gasteiger charge is 2.39. The highest BCUT2D eigenvalue weighted by atomic mass is 32.2. The zero-order chi connectivity index (χ0) is 25.5. The second-order valence-electron chi connectivity index (χ2n) is 7.75. The van der Waals surface area contributed by atoms with Gasteiger partial charge in [-0.1, -0.05) is 17.8 Å². The van der Waals surface area contributed by atoms with E-state index in [0.29, 0.717) is 41.0 Å². The third-order valence-electron chi connectivity index (χ3n) is 5.26. The topological polar surface area (TPSA) is 97.3 Å². The SMILES string of the molecule is CCOC(=O)c1ccc(N=C2S[C@H](CC(=O)Nc3ccc(OC)cc3)C(=O)N2Cc2cccs2)cc1. The molecule has 4 rings (SSSR count). The van der Waals surface area contributed by atoms with Crippen molar-refractivity contribution in [1.82, 2.24) is 4.90 Å². The highest BCUT2D eigenvalue weighted by molar-refractivity contribution is 8.15. The molecule has 186 valence electrons. The molecule has 1 aliphatic heterocycles. The number of nitrogens with zero attached hydrogens (tertiary/aromatic N) is 2. The Morgan fingerprint density at radius 1 is 1.08 bits per heavy atom. The Kier molecular flexibility index (Phi) is 8.40. The maximum atomic E-state index is 13.3. The van der Waals surface area contributed by atoms with Gasteiger partial charge in [0.05, 0.1) is 31.5 Å². The first kappa shape index (κ1) is 25.5. The van der Waals surface area contributed by atoms with Gasteiger partial charge in [-0.2, -0.15) is 0 Å². The number of hydrogen-bond acceptors (Lipinski definition) is 8. The molecule has 3 aromatic rings. The number of hydrogen-bond donors (Lipinski definition) is 1. The molecule has 0 saturated carbocycles. The number of carbonyl (C=O) groups is 3. The molecule has 0 bridgehead atoms. The second-order valence-corrected chi connectivity index (χ2v) is 9.95. The Morgan fingerprint density at radius 3 is 2.47 bits per heavy atom. The number of esters is 1. The van der Waals surface area contributed by atoms with Crippen LogP contribution < -0.4 is 10.1 Å². The van der Waals surface area contributed by atoms with Gasteiger partial charge in [-0.25, -0.2) is 9.79 Å². The number of amides is 2. The summed E-state index contributed by atoms with van der Waals surface area (Å²) in [5, 5.41) is 4.70. The van der Waals surface area contributed by atoms with Crippen LogP contribution in [0.25, 0.3) is 0 Å². The molecule has 36 heavy (non-hydrogen) atoms. The van der Waals surface area contributed by atoms with E-state index in [1.807, 2.05) is 17.5 Å². The normalized spacial score (nSPS) is 16.3. The van der Waals surface area contributed by atoms with Crippen LogP contribution in [-0.4, -0.2) is 46.8 Å². The molecule has 2 aromatic carbocycles. The Balaban J connectivity index is 1.50. The van der Waals surface area contributed by atoms with E-state index in [9.17, 15) is 14.4 Å². The van der Waals surface area contributed by atoms with Crippen molar-refractivity contribution in [1.29, 1.82) is 0 Å². The summed E-state index contributed by atoms with van der Waals surface area (Å²) in [6.07, 6.45) is 0.0112. The van der Waals surface area contributed by atoms with E-state index in [1.54, 1.807) is 78.8 Å². The third kappa shape index (κ3) is 6.32. The Labute approximate surface area is 217 Å². The maximum Gasteiger partial charge on any atom is 0.338 e. The quantitative estimate of drug-likeness (QED) is 0.392. The van der Waals surface area contributed by atoms with E-state index in [4.69, 9.17) is 9.47 Å². The van der Waals surface area contributed by atoms with Crippen molar-refractivity contribution >= 4 is 57.4 Å². The Bertz CT molecular complexity index is 1240. The van der Waals surface area contributed by atoms with Crippen LogP contribution in [0.5, 0.6) is 5.75 Å². The van der Waals surface area contributed by atoms with Gasteiger partial charge in [0.1, 0.15) is 11.0 Å². The van der Waals surface area contributed by atoms with Crippen molar-refractivity contribution in [3.63, 3.8) is 0 Å². The van der Waals surface area contributed by atoms with E-state index in [0.717, 1.165) is 4.88 Å². The summed E-state index contributed by atoms with van der Waals surface area (Å²) in [5.74, 6) is -0.137. The van der Waals surface area contributed by atoms with Crippen molar-refractivity contribution in [3.05, 3.63) is 76.5 Å². The van der Waals surface area contributed by atoms with Crippen LogP contribution in [0.4, 0.5) is 11.4 Å². The lowest BCUT2D eigenvalue weighted by atomic mass is 10.2. The molecule has 1 aliphatic rings. The van der Waals surface area contributed by atoms with Gasteiger partial charge in [0.25, 0.3) is 0 Å². The van der Waals surface area contributed by atoms with Gasteiger partial charge >= 0.3 is 5.97 Å². The molecule has 0 radical (unpaired) electrons. The molecule has 0 unspecified atom stereocenters. The lowest BCUT2D eigenvalue weighted by molar-refractivity contribution is -0.128. The fraction of sp³-hybridized carbons (Fsp3) is 0.231. The summed E-state index contributed by atoms with van der Waals surface area (Å²) >= 11 is 2.82. The zero-order valence-corrected chi connectivity index (χ0v) is 21.4. The van der Waals surface area contributed by atoms with Crippen LogP contribution in [0, 0.1) is 0 Å². The summed E-state index contributed by atoms with van der Waals surface area (Å²) < 4.78 is 10.2. The maximum absolute atomic E-state index is 13.3. The van der Waals surface area contributed by atoms with E-state index in [1.165, 1.54) is 11.8 Å². The molecule has 2 heterocycles. The number of methoxy groups -OCH3 is 1. The fourth-order valence-electron chi connectivity index (χ4n) is 3.48. The first-order valence-electron chi connectivity index (χ1n) is 11.3. The predicted molar refractivity (Wildman–Crippen MR) is 142 cm³/mol. The number of thioether (sulfide) groups is 1. The summed E-state index contributed by atoms with van der Waals surface area (Å²) in [6, 6.07) is 17.6. The van der Waals surface area contributed by atoms with E-state index in [2.05, 4.69) is 10.3 Å². The largest absolute Gasteiger partial charge is 0.497 e. The van der Waals surface area contributed by atoms with Crippen LogP contribution in [-0.2, 0) is 20.9 Å². The van der Waals surface area contributed by atoms with Crippen molar-refractivity contribution in [3.8, 4) is 5.75 Å². The van der Waals surface area contributed by atoms with Gasteiger partial charge in [-0.05, 0) is 66.9 Å². The molecular weight excluding hydrogens is 498 g/mol. The number of rotatable bonds is 9. The van der Waals surface area contributed by atoms with Crippen LogP contribution in [0.2, 0.25) is 0 Å². The summed E-state index contributed by atoms with van der Waals surface area (Å²) in [4.78, 5) is 45.2. The molecule has 1 saturated heterocycles. The number of amidine groups is 1.